The molecule has 1 unspecified atom stereocenters. The molecule has 6 heteroatoms. The molecule has 0 aliphatic carbocycles. The average Bonchev–Trinajstić information content (AvgIpc) is 2.49. The maximum atomic E-state index is 12.2. The van der Waals surface area contributed by atoms with E-state index in [1.54, 1.807) is 12.3 Å². The maximum Gasteiger partial charge on any atom is 0.245 e. The van der Waals surface area contributed by atoms with E-state index in [1.165, 1.54) is 5.56 Å². The second-order valence-electron chi connectivity index (χ2n) is 5.38. The molecule has 0 saturated heterocycles. The van der Waals surface area contributed by atoms with Gasteiger partial charge in [-0.3, -0.25) is 4.79 Å². The Morgan fingerprint density at radius 2 is 2.18 bits per heavy atom. The van der Waals surface area contributed by atoms with Crippen molar-refractivity contribution in [3.63, 3.8) is 0 Å². The van der Waals surface area contributed by atoms with Crippen molar-refractivity contribution in [3.8, 4) is 0 Å². The second kappa shape index (κ2) is 6.46. The zero-order valence-corrected chi connectivity index (χ0v) is 13.6. The maximum absolute atomic E-state index is 12.2. The molecule has 0 spiro atoms. The highest BCUT2D eigenvalue weighted by Crippen LogP contribution is 2.26. The van der Waals surface area contributed by atoms with Crippen molar-refractivity contribution in [3.05, 3.63) is 52.6 Å². The van der Waals surface area contributed by atoms with E-state index in [0.29, 0.717) is 12.4 Å². The van der Waals surface area contributed by atoms with Gasteiger partial charge in [-0.05, 0) is 46.1 Å². The number of nitrogens with one attached hydrogen (secondary N) is 1. The monoisotopic (exact) mass is 360 g/mol. The normalized spacial score (nSPS) is 17.0. The molecule has 0 saturated carbocycles. The number of aromatic nitrogens is 1. The van der Waals surface area contributed by atoms with Crippen LogP contribution in [0.4, 0.5) is 11.5 Å². The highest BCUT2D eigenvalue weighted by molar-refractivity contribution is 9.10. The number of amides is 1. The highest BCUT2D eigenvalue weighted by atomic mass is 79.9. The molecular weight excluding hydrogens is 344 g/mol. The van der Waals surface area contributed by atoms with Crippen molar-refractivity contribution in [2.45, 2.75) is 12.5 Å². The number of pyridine rings is 1. The van der Waals surface area contributed by atoms with Gasteiger partial charge >= 0.3 is 0 Å². The molecule has 3 rings (SSSR count). The lowest BCUT2D eigenvalue weighted by atomic mass is 9.98. The number of hydrogen-bond donors (Lipinski definition) is 2. The Morgan fingerprint density at radius 3 is 2.95 bits per heavy atom. The Bertz CT molecular complexity index is 674. The first kappa shape index (κ1) is 15.0. The summed E-state index contributed by atoms with van der Waals surface area (Å²) in [4.78, 5) is 18.4. The molecule has 1 amide bonds. The first-order valence-electron chi connectivity index (χ1n) is 7.11. The first-order chi connectivity index (χ1) is 10.6. The van der Waals surface area contributed by atoms with Crippen molar-refractivity contribution in [2.24, 2.45) is 5.73 Å². The van der Waals surface area contributed by atoms with Gasteiger partial charge in [0.25, 0.3) is 0 Å². The number of para-hydroxylation sites is 1. The van der Waals surface area contributed by atoms with Gasteiger partial charge in [-0.15, -0.1) is 0 Å². The van der Waals surface area contributed by atoms with E-state index in [4.69, 9.17) is 5.73 Å². The molecule has 114 valence electrons. The van der Waals surface area contributed by atoms with Gasteiger partial charge in [0.05, 0.1) is 6.54 Å². The minimum absolute atomic E-state index is 0.0495. The third-order valence-electron chi connectivity index (χ3n) is 3.60. The number of benzene rings is 1. The lowest BCUT2D eigenvalue weighted by Crippen LogP contribution is -2.46. The summed E-state index contributed by atoms with van der Waals surface area (Å²) < 4.78 is 0.876. The molecule has 1 atom stereocenters. The van der Waals surface area contributed by atoms with Gasteiger partial charge in [-0.2, -0.15) is 0 Å². The largest absolute Gasteiger partial charge is 0.360 e. The molecular formula is C16H17BrN4O. The SMILES string of the molecule is NC1Cc2ccccc2N(CC(=O)Nc2ccc(Br)cn2)C1. The van der Waals surface area contributed by atoms with Crippen molar-refractivity contribution in [1.29, 1.82) is 0 Å². The fourth-order valence-electron chi connectivity index (χ4n) is 2.68. The quantitative estimate of drug-likeness (QED) is 0.879. The Labute approximate surface area is 137 Å². The lowest BCUT2D eigenvalue weighted by Gasteiger charge is -2.34. The molecule has 3 N–H and O–H groups in total. The van der Waals surface area contributed by atoms with Crippen molar-refractivity contribution >= 4 is 33.3 Å². The number of nitrogens with two attached hydrogens (primary N) is 1. The third-order valence-corrected chi connectivity index (χ3v) is 4.07. The van der Waals surface area contributed by atoms with Crippen LogP contribution in [0.3, 0.4) is 0 Å². The number of carbonyl (C=O) groups is 1. The predicted octanol–water partition coefficient (Wildman–Crippen LogP) is 2.17. The topological polar surface area (TPSA) is 71.2 Å². The number of halogens is 1. The summed E-state index contributed by atoms with van der Waals surface area (Å²) in [5, 5.41) is 2.81. The third kappa shape index (κ3) is 3.45. The van der Waals surface area contributed by atoms with Crippen LogP contribution in [0.25, 0.3) is 0 Å². The van der Waals surface area contributed by atoms with Gasteiger partial charge in [0.2, 0.25) is 5.91 Å². The van der Waals surface area contributed by atoms with Gasteiger partial charge in [0.1, 0.15) is 5.82 Å². The standard InChI is InChI=1S/C16H17BrN4O/c17-12-5-6-15(19-8-12)20-16(22)10-21-9-13(18)7-11-3-1-2-4-14(11)21/h1-6,8,13H,7,9-10,18H2,(H,19,20,22). The van der Waals surface area contributed by atoms with Crippen LogP contribution in [-0.2, 0) is 11.2 Å². The predicted molar refractivity (Wildman–Crippen MR) is 90.9 cm³/mol. The van der Waals surface area contributed by atoms with E-state index in [2.05, 4.69) is 32.3 Å². The van der Waals surface area contributed by atoms with Crippen LogP contribution in [0.1, 0.15) is 5.56 Å². The molecule has 1 aromatic carbocycles. The molecule has 0 radical (unpaired) electrons. The summed E-state index contributed by atoms with van der Waals surface area (Å²) in [6, 6.07) is 11.7. The fraction of sp³-hybridized carbons (Fsp3) is 0.250. The average molecular weight is 361 g/mol. The smallest absolute Gasteiger partial charge is 0.245 e. The van der Waals surface area contributed by atoms with E-state index in [1.807, 2.05) is 29.2 Å². The van der Waals surface area contributed by atoms with Crippen molar-refractivity contribution in [1.82, 2.24) is 4.98 Å². The number of anilines is 2. The molecule has 1 aliphatic rings. The lowest BCUT2D eigenvalue weighted by molar-refractivity contribution is -0.115. The number of hydrogen-bond acceptors (Lipinski definition) is 4. The summed E-state index contributed by atoms with van der Waals surface area (Å²) >= 11 is 3.32. The van der Waals surface area contributed by atoms with E-state index in [-0.39, 0.29) is 18.5 Å². The van der Waals surface area contributed by atoms with Crippen LogP contribution in [0.15, 0.2) is 47.1 Å². The number of rotatable bonds is 3. The fourth-order valence-corrected chi connectivity index (χ4v) is 2.91. The van der Waals surface area contributed by atoms with Gasteiger partial charge in [-0.1, -0.05) is 18.2 Å². The van der Waals surface area contributed by atoms with E-state index in [0.717, 1.165) is 16.6 Å². The molecule has 2 heterocycles. The summed E-state index contributed by atoms with van der Waals surface area (Å²) in [6.07, 6.45) is 2.50. The van der Waals surface area contributed by atoms with Gasteiger partial charge in [0, 0.05) is 28.9 Å². The highest BCUT2D eigenvalue weighted by Gasteiger charge is 2.23. The minimum atomic E-state index is -0.0984. The second-order valence-corrected chi connectivity index (χ2v) is 6.30. The molecule has 2 aromatic rings. The van der Waals surface area contributed by atoms with Crippen LogP contribution in [-0.4, -0.2) is 30.0 Å². The summed E-state index contributed by atoms with van der Waals surface area (Å²) in [6.45, 7) is 0.945. The molecule has 0 bridgehead atoms. The molecule has 1 aliphatic heterocycles. The Morgan fingerprint density at radius 1 is 1.36 bits per heavy atom. The summed E-state index contributed by atoms with van der Waals surface area (Å²) in [7, 11) is 0. The Hall–Kier alpha value is -1.92. The van der Waals surface area contributed by atoms with Crippen LogP contribution in [0.2, 0.25) is 0 Å². The molecule has 1 aromatic heterocycles. The number of nitrogens with zero attached hydrogens (tertiary/aromatic N) is 2. The molecule has 5 nitrogen and oxygen atoms in total. The summed E-state index contributed by atoms with van der Waals surface area (Å²) in [5.41, 5.74) is 8.37. The number of carbonyl (C=O) groups excluding carboxylic acids is 1. The van der Waals surface area contributed by atoms with Crippen molar-refractivity contribution < 1.29 is 4.79 Å². The van der Waals surface area contributed by atoms with Crippen LogP contribution >= 0.6 is 15.9 Å². The zero-order valence-electron chi connectivity index (χ0n) is 12.0. The van der Waals surface area contributed by atoms with Gasteiger partial charge in [0.15, 0.2) is 0 Å². The first-order valence-corrected chi connectivity index (χ1v) is 7.91. The van der Waals surface area contributed by atoms with Crippen LogP contribution < -0.4 is 16.0 Å². The zero-order chi connectivity index (χ0) is 15.5. The minimum Gasteiger partial charge on any atom is -0.360 e. The van der Waals surface area contributed by atoms with Crippen LogP contribution in [0.5, 0.6) is 0 Å². The van der Waals surface area contributed by atoms with Gasteiger partial charge < -0.3 is 16.0 Å². The number of fused-ring (bicyclic) bond motifs is 1. The summed E-state index contributed by atoms with van der Waals surface area (Å²) in [5.74, 6) is 0.446. The van der Waals surface area contributed by atoms with Crippen molar-refractivity contribution in [2.75, 3.05) is 23.3 Å². The Balaban J connectivity index is 1.70. The Kier molecular flexibility index (Phi) is 4.40. The molecule has 22 heavy (non-hydrogen) atoms. The van der Waals surface area contributed by atoms with Crippen LogP contribution in [0, 0.1) is 0 Å². The van der Waals surface area contributed by atoms with E-state index >= 15 is 0 Å². The molecule has 0 fully saturated rings. The van der Waals surface area contributed by atoms with E-state index < -0.39 is 0 Å². The van der Waals surface area contributed by atoms with E-state index in [9.17, 15) is 4.79 Å². The van der Waals surface area contributed by atoms with Gasteiger partial charge in [-0.25, -0.2) is 4.98 Å².